The molecule has 0 aliphatic carbocycles. The Balaban J connectivity index is 4.11. The van der Waals surface area contributed by atoms with Crippen LogP contribution in [-0.4, -0.2) is 6.04 Å². The Morgan fingerprint density at radius 2 is 1.59 bits per heavy atom. The van der Waals surface area contributed by atoms with Crippen LogP contribution in [-0.2, 0) is 0 Å². The highest BCUT2D eigenvalue weighted by Gasteiger charge is 2.20. The molecule has 0 aromatic heterocycles. The summed E-state index contributed by atoms with van der Waals surface area (Å²) in [4.78, 5) is 0. The lowest BCUT2D eigenvalue weighted by Gasteiger charge is -2.28. The highest BCUT2D eigenvalue weighted by molar-refractivity contribution is 4.74. The largest absolute Gasteiger partial charge is 0.271 e. The van der Waals surface area contributed by atoms with Gasteiger partial charge in [-0.1, -0.05) is 54.4 Å². The van der Waals surface area contributed by atoms with Crippen LogP contribution in [0.3, 0.4) is 0 Å². The van der Waals surface area contributed by atoms with E-state index >= 15 is 0 Å². The van der Waals surface area contributed by atoms with Crippen LogP contribution in [0.5, 0.6) is 0 Å². The Kier molecular flexibility index (Phi) is 8.06. The van der Waals surface area contributed by atoms with Crippen molar-refractivity contribution in [3.8, 4) is 0 Å². The first-order valence-electron chi connectivity index (χ1n) is 7.28. The maximum absolute atomic E-state index is 5.69. The SMILES string of the molecule is CCC(CC)CC(CC(C)CC(C)(C)C)NN. The Morgan fingerprint density at radius 1 is 1.06 bits per heavy atom. The molecule has 0 fully saturated rings. The molecule has 0 radical (unpaired) electrons. The maximum atomic E-state index is 5.69. The molecule has 0 heterocycles. The lowest BCUT2D eigenvalue weighted by molar-refractivity contribution is 0.256. The van der Waals surface area contributed by atoms with E-state index in [1.807, 2.05) is 0 Å². The molecule has 0 aromatic carbocycles. The fraction of sp³-hybridized carbons (Fsp3) is 1.00. The lowest BCUT2D eigenvalue weighted by Crippen LogP contribution is -2.38. The number of nitrogens with two attached hydrogens (primary N) is 1. The summed E-state index contributed by atoms with van der Waals surface area (Å²) in [6, 6.07) is 0.484. The van der Waals surface area contributed by atoms with Gasteiger partial charge in [-0.3, -0.25) is 11.3 Å². The van der Waals surface area contributed by atoms with E-state index in [-0.39, 0.29) is 0 Å². The molecular weight excluding hydrogens is 208 g/mol. The van der Waals surface area contributed by atoms with E-state index in [2.05, 4.69) is 47.0 Å². The van der Waals surface area contributed by atoms with E-state index in [9.17, 15) is 0 Å². The van der Waals surface area contributed by atoms with Gasteiger partial charge in [0.2, 0.25) is 0 Å². The van der Waals surface area contributed by atoms with Gasteiger partial charge in [0, 0.05) is 6.04 Å². The zero-order chi connectivity index (χ0) is 13.5. The fourth-order valence-corrected chi connectivity index (χ4v) is 2.87. The number of hydrogen-bond acceptors (Lipinski definition) is 2. The molecule has 0 rings (SSSR count). The van der Waals surface area contributed by atoms with Crippen molar-refractivity contribution >= 4 is 0 Å². The van der Waals surface area contributed by atoms with Crippen LogP contribution >= 0.6 is 0 Å². The number of rotatable bonds is 8. The standard InChI is InChI=1S/C15H34N2/c1-7-13(8-2)10-14(17-16)9-12(3)11-15(4,5)6/h12-14,17H,7-11,16H2,1-6H3. The molecule has 0 aliphatic heterocycles. The molecule has 0 aliphatic rings. The molecule has 0 saturated heterocycles. The fourth-order valence-electron chi connectivity index (χ4n) is 2.87. The van der Waals surface area contributed by atoms with Crippen molar-refractivity contribution in [1.29, 1.82) is 0 Å². The van der Waals surface area contributed by atoms with Gasteiger partial charge in [-0.15, -0.1) is 0 Å². The first kappa shape index (κ1) is 16.9. The first-order chi connectivity index (χ1) is 7.82. The summed E-state index contributed by atoms with van der Waals surface area (Å²) in [5, 5.41) is 0. The Morgan fingerprint density at radius 3 is 1.94 bits per heavy atom. The van der Waals surface area contributed by atoms with Crippen molar-refractivity contribution < 1.29 is 0 Å². The second-order valence-corrected chi connectivity index (χ2v) is 6.89. The molecule has 2 atom stereocenters. The number of nitrogens with one attached hydrogen (secondary N) is 1. The summed E-state index contributed by atoms with van der Waals surface area (Å²) < 4.78 is 0. The van der Waals surface area contributed by atoms with E-state index in [0.29, 0.717) is 11.5 Å². The van der Waals surface area contributed by atoms with E-state index in [4.69, 9.17) is 5.84 Å². The summed E-state index contributed by atoms with van der Waals surface area (Å²) in [6.45, 7) is 13.9. The highest BCUT2D eigenvalue weighted by atomic mass is 15.2. The summed E-state index contributed by atoms with van der Waals surface area (Å²) >= 11 is 0. The molecule has 0 spiro atoms. The summed E-state index contributed by atoms with van der Waals surface area (Å²) in [5.41, 5.74) is 3.44. The van der Waals surface area contributed by atoms with Gasteiger partial charge in [0.05, 0.1) is 0 Å². The van der Waals surface area contributed by atoms with Crippen molar-refractivity contribution in [3.63, 3.8) is 0 Å². The van der Waals surface area contributed by atoms with Crippen molar-refractivity contribution in [3.05, 3.63) is 0 Å². The minimum absolute atomic E-state index is 0.424. The highest BCUT2D eigenvalue weighted by Crippen LogP contribution is 2.28. The Hall–Kier alpha value is -0.0800. The minimum atomic E-state index is 0.424. The molecule has 0 bridgehead atoms. The van der Waals surface area contributed by atoms with Crippen LogP contribution < -0.4 is 11.3 Å². The first-order valence-corrected chi connectivity index (χ1v) is 7.28. The molecule has 0 amide bonds. The van der Waals surface area contributed by atoms with Crippen LogP contribution in [0.1, 0.15) is 73.6 Å². The van der Waals surface area contributed by atoms with Gasteiger partial charge >= 0.3 is 0 Å². The average molecular weight is 242 g/mol. The molecule has 0 saturated carbocycles. The van der Waals surface area contributed by atoms with Crippen LogP contribution in [0.15, 0.2) is 0 Å². The van der Waals surface area contributed by atoms with Crippen LogP contribution in [0.25, 0.3) is 0 Å². The third-order valence-electron chi connectivity index (χ3n) is 3.66. The number of hydrogen-bond donors (Lipinski definition) is 2. The van der Waals surface area contributed by atoms with Crippen LogP contribution in [0.2, 0.25) is 0 Å². The smallest absolute Gasteiger partial charge is 0.0215 e. The quantitative estimate of drug-likeness (QED) is 0.496. The van der Waals surface area contributed by atoms with E-state index in [0.717, 1.165) is 11.8 Å². The van der Waals surface area contributed by atoms with Crippen molar-refractivity contribution in [2.45, 2.75) is 79.7 Å². The Labute approximate surface area is 109 Å². The number of hydrazine groups is 1. The second-order valence-electron chi connectivity index (χ2n) is 6.89. The second kappa shape index (κ2) is 8.10. The molecule has 2 heteroatoms. The minimum Gasteiger partial charge on any atom is -0.271 e. The molecule has 104 valence electrons. The predicted molar refractivity (Wildman–Crippen MR) is 77.7 cm³/mol. The zero-order valence-corrected chi connectivity index (χ0v) is 12.8. The van der Waals surface area contributed by atoms with E-state index in [1.54, 1.807) is 0 Å². The summed E-state index contributed by atoms with van der Waals surface area (Å²) in [5.74, 6) is 7.25. The maximum Gasteiger partial charge on any atom is 0.0215 e. The molecule has 2 nitrogen and oxygen atoms in total. The van der Waals surface area contributed by atoms with Gasteiger partial charge < -0.3 is 0 Å². The molecule has 3 N–H and O–H groups in total. The monoisotopic (exact) mass is 242 g/mol. The average Bonchev–Trinajstić information content (AvgIpc) is 2.21. The normalized spacial score (nSPS) is 16.2. The molecule has 17 heavy (non-hydrogen) atoms. The van der Waals surface area contributed by atoms with Crippen molar-refractivity contribution in [2.24, 2.45) is 23.1 Å². The van der Waals surface area contributed by atoms with Crippen LogP contribution in [0, 0.1) is 17.3 Å². The Bertz CT molecular complexity index is 180. The van der Waals surface area contributed by atoms with Gasteiger partial charge in [-0.2, -0.15) is 0 Å². The molecular formula is C15H34N2. The van der Waals surface area contributed by atoms with Crippen molar-refractivity contribution in [2.75, 3.05) is 0 Å². The molecule has 2 unspecified atom stereocenters. The summed E-state index contributed by atoms with van der Waals surface area (Å²) in [6.07, 6.45) is 6.22. The van der Waals surface area contributed by atoms with Gasteiger partial charge in [0.25, 0.3) is 0 Å². The molecule has 0 aromatic rings. The lowest BCUT2D eigenvalue weighted by atomic mass is 9.81. The zero-order valence-electron chi connectivity index (χ0n) is 12.8. The van der Waals surface area contributed by atoms with Gasteiger partial charge in [0.15, 0.2) is 0 Å². The van der Waals surface area contributed by atoms with E-state index < -0.39 is 0 Å². The topological polar surface area (TPSA) is 38.0 Å². The van der Waals surface area contributed by atoms with E-state index in [1.165, 1.54) is 32.1 Å². The third-order valence-corrected chi connectivity index (χ3v) is 3.66. The van der Waals surface area contributed by atoms with Crippen LogP contribution in [0.4, 0.5) is 0 Å². The van der Waals surface area contributed by atoms with Crippen molar-refractivity contribution in [1.82, 2.24) is 5.43 Å². The third kappa shape index (κ3) is 8.62. The van der Waals surface area contributed by atoms with Gasteiger partial charge in [0.1, 0.15) is 0 Å². The van der Waals surface area contributed by atoms with Gasteiger partial charge in [-0.05, 0) is 36.5 Å². The summed E-state index contributed by atoms with van der Waals surface area (Å²) in [7, 11) is 0. The van der Waals surface area contributed by atoms with Gasteiger partial charge in [-0.25, -0.2) is 0 Å². The predicted octanol–water partition coefficient (Wildman–Crippen LogP) is 4.11.